The van der Waals surface area contributed by atoms with Gasteiger partial charge in [-0.05, 0) is 73.7 Å². The number of ether oxygens (including phenoxy) is 8. The van der Waals surface area contributed by atoms with Crippen molar-refractivity contribution >= 4 is 92.1 Å². The fourth-order valence-corrected chi connectivity index (χ4v) is 15.6. The number of nitrogens with zero attached hydrogens (tertiary/aromatic N) is 4. The molecular weight excluding hydrogens is 1100 g/mol. The van der Waals surface area contributed by atoms with Gasteiger partial charge in [0.15, 0.2) is 0 Å². The average Bonchev–Trinajstić information content (AvgIpc) is 4.41. The minimum Gasteiger partial charge on any atom is -0.657 e. The normalized spacial score (nSPS) is 24.9. The van der Waals surface area contributed by atoms with Gasteiger partial charge in [0.25, 0.3) is 0 Å². The Bertz CT molecular complexity index is 3420. The van der Waals surface area contributed by atoms with Gasteiger partial charge in [-0.25, -0.2) is 48.3 Å². The summed E-state index contributed by atoms with van der Waals surface area (Å²) in [5.41, 5.74) is 9.72. The molecule has 8 atom stereocenters. The van der Waals surface area contributed by atoms with E-state index in [2.05, 4.69) is 0 Å². The molecular formula is C60H52N4O16Zn. The fraction of sp³-hybridized carbons (Fsp3) is 0.400. The van der Waals surface area contributed by atoms with Gasteiger partial charge >= 0.3 is 67.2 Å². The van der Waals surface area contributed by atoms with Crippen molar-refractivity contribution in [1.82, 2.24) is 19.9 Å². The zero-order valence-corrected chi connectivity index (χ0v) is 48.6. The predicted molar refractivity (Wildman–Crippen MR) is 279 cm³/mol. The van der Waals surface area contributed by atoms with Crippen molar-refractivity contribution in [1.29, 1.82) is 0 Å². The van der Waals surface area contributed by atoms with Gasteiger partial charge in [0.2, 0.25) is 0 Å². The fourth-order valence-electron chi connectivity index (χ4n) is 15.6. The monoisotopic (exact) mass is 1150 g/mol. The third-order valence-corrected chi connectivity index (χ3v) is 18.4. The topological polar surface area (TPSA) is 264 Å². The molecule has 5 heterocycles. The van der Waals surface area contributed by atoms with Crippen molar-refractivity contribution in [2.75, 3.05) is 56.9 Å². The van der Waals surface area contributed by atoms with E-state index in [0.717, 1.165) is 0 Å². The van der Waals surface area contributed by atoms with E-state index >= 15 is 0 Å². The summed E-state index contributed by atoms with van der Waals surface area (Å²) < 4.78 is 43.0. The molecule has 0 amide bonds. The number of hydrogen-bond acceptors (Lipinski definition) is 18. The molecule has 0 spiro atoms. The molecule has 12 aliphatic carbocycles. The van der Waals surface area contributed by atoms with Crippen LogP contribution in [0.3, 0.4) is 0 Å². The summed E-state index contributed by atoms with van der Waals surface area (Å²) in [4.78, 5) is 134. The number of methoxy groups -OCH3 is 8. The van der Waals surface area contributed by atoms with Gasteiger partial charge in [0.1, 0.15) is 0 Å². The van der Waals surface area contributed by atoms with Gasteiger partial charge in [-0.15, -0.1) is 22.1 Å². The smallest absolute Gasteiger partial charge is 0.657 e. The van der Waals surface area contributed by atoms with Crippen LogP contribution in [0.2, 0.25) is 0 Å². The molecule has 3 aromatic rings. The summed E-state index contributed by atoms with van der Waals surface area (Å²) in [6.45, 7) is 0. The van der Waals surface area contributed by atoms with Crippen molar-refractivity contribution < 1.29 is 95.7 Å². The van der Waals surface area contributed by atoms with Gasteiger partial charge in [0, 0.05) is 47.3 Å². The largest absolute Gasteiger partial charge is 2.00 e. The van der Waals surface area contributed by atoms with Crippen molar-refractivity contribution in [2.45, 2.75) is 75.0 Å². The van der Waals surface area contributed by atoms with Crippen LogP contribution in [0.15, 0.2) is 68.9 Å². The number of carbonyl (C=O) groups is 8. The predicted octanol–water partition coefficient (Wildman–Crippen LogP) is 5.99. The Hall–Kier alpha value is -8.06. The van der Waals surface area contributed by atoms with Crippen LogP contribution in [0.25, 0.3) is 44.4 Å². The molecule has 0 radical (unpaired) electrons. The molecule has 16 bridgehead atoms. The van der Waals surface area contributed by atoms with Crippen LogP contribution in [0.1, 0.15) is 120 Å². The first-order chi connectivity index (χ1) is 38.7. The first kappa shape index (κ1) is 53.6. The zero-order valence-electron chi connectivity index (χ0n) is 45.6. The van der Waals surface area contributed by atoms with Crippen LogP contribution >= 0.6 is 0 Å². The van der Waals surface area contributed by atoms with Crippen LogP contribution in [0.5, 0.6) is 0 Å². The molecule has 3 aromatic heterocycles. The van der Waals surface area contributed by atoms with E-state index < -0.39 is 95.1 Å². The molecule has 410 valence electrons. The molecule has 0 fully saturated rings. The molecule has 0 N–H and O–H groups in total. The third-order valence-electron chi connectivity index (χ3n) is 18.4. The molecule has 0 aromatic carbocycles. The van der Waals surface area contributed by atoms with Crippen LogP contribution in [0, 0.1) is 23.7 Å². The molecule has 20 nitrogen and oxygen atoms in total. The maximum absolute atomic E-state index is 14.0. The molecule has 21 heteroatoms. The summed E-state index contributed by atoms with van der Waals surface area (Å²) in [5, 5.41) is 0. The Morgan fingerprint density at radius 3 is 0.642 bits per heavy atom. The number of rotatable bonds is 8. The van der Waals surface area contributed by atoms with E-state index in [0.29, 0.717) is 141 Å². The zero-order chi connectivity index (χ0) is 56.1. The maximum Gasteiger partial charge on any atom is 2.00 e. The van der Waals surface area contributed by atoms with Crippen molar-refractivity contribution in [3.63, 3.8) is 0 Å². The second-order valence-electron chi connectivity index (χ2n) is 21.4. The van der Waals surface area contributed by atoms with E-state index in [4.69, 9.17) is 57.8 Å². The molecule has 0 saturated carbocycles. The van der Waals surface area contributed by atoms with Crippen LogP contribution < -0.4 is 9.97 Å². The summed E-state index contributed by atoms with van der Waals surface area (Å²) in [7, 11) is 10.0. The minimum atomic E-state index is -0.706. The van der Waals surface area contributed by atoms with E-state index in [9.17, 15) is 38.4 Å². The number of hydrogen-bond donors (Lipinski definition) is 0. The first-order valence-corrected chi connectivity index (χ1v) is 26.5. The summed E-state index contributed by atoms with van der Waals surface area (Å²) in [5.74, 6) is -11.2. The van der Waals surface area contributed by atoms with E-state index in [1.54, 1.807) is 0 Å². The Morgan fingerprint density at radius 2 is 0.469 bits per heavy atom. The van der Waals surface area contributed by atoms with Gasteiger partial charge in [-0.1, -0.05) is 46.5 Å². The van der Waals surface area contributed by atoms with Crippen LogP contribution in [0.4, 0.5) is 0 Å². The number of aromatic nitrogens is 4. The standard InChI is InChI=1S/C60H52N4O16.Zn/c1-73-53(65)45-21-9-10-22(46(45)54(66)74-2)38-30-18-32-40-24-13-14-26(50(58(70)78-6)48(24)56(68)76-4)42(40)34(63-32)20-36-44-28-16-15-27(51(59(71)79-7)52(28)60(72)80-8)43(44)35(64-36)19-33-41-25-12-11-23(47(55(67)75-3)49(25)57(69)77-5)39(41)31(62-33)17-29(61-30)37(21)38;/h17-28H,9-16H2,1-8H3;/q-2;+2/t21-,22+,23+,24-,25-,26+,27+,28-;. The summed E-state index contributed by atoms with van der Waals surface area (Å²) in [6.07, 6.45) is 3.53. The Morgan fingerprint density at radius 1 is 0.309 bits per heavy atom. The van der Waals surface area contributed by atoms with Gasteiger partial charge in [-0.2, -0.15) is 0 Å². The van der Waals surface area contributed by atoms with E-state index in [1.807, 2.05) is 24.3 Å². The van der Waals surface area contributed by atoms with E-state index in [1.165, 1.54) is 56.9 Å². The quantitative estimate of drug-likeness (QED) is 0.142. The number of fused-ring (bicyclic) bond motifs is 12. The Kier molecular flexibility index (Phi) is 13.0. The summed E-state index contributed by atoms with van der Waals surface area (Å²) >= 11 is 0. The minimum absolute atomic E-state index is 0. The maximum atomic E-state index is 14.0. The third kappa shape index (κ3) is 7.28. The second kappa shape index (κ2) is 19.6. The van der Waals surface area contributed by atoms with Crippen molar-refractivity contribution in [2.24, 2.45) is 23.7 Å². The summed E-state index contributed by atoms with van der Waals surface area (Å²) in [6, 6.07) is 7.27. The molecule has 14 aliphatic rings. The molecule has 2 aliphatic heterocycles. The molecule has 81 heavy (non-hydrogen) atoms. The van der Waals surface area contributed by atoms with Gasteiger partial charge in [0.05, 0.1) is 124 Å². The first-order valence-electron chi connectivity index (χ1n) is 26.5. The van der Waals surface area contributed by atoms with Gasteiger partial charge < -0.3 is 47.9 Å². The molecule has 17 rings (SSSR count). The Labute approximate surface area is 475 Å². The van der Waals surface area contributed by atoms with Crippen LogP contribution in [-0.4, -0.2) is 115 Å². The van der Waals surface area contributed by atoms with Crippen molar-refractivity contribution in [3.8, 4) is 0 Å². The SMILES string of the molecule is COC(=O)C1=C(C(=O)OC)[C@@H]2CC[C@H]1C1=C2c2cc3[n-]c(cc4nc(cc5[n-]c(cc1n2)c1c5[C@@H]2CC[C@H]1C(C(=O)OC)=C2C(=O)OC)C1=C4[C@@H]2CC[C@H]1C(C(=O)OC)=C2C(=O)OC)c1c3[C@@H]2CC[C@H]1C(C(=O)OC)=C2C(=O)OC.[Zn+2]. The molecule has 0 unspecified atom stereocenters. The van der Waals surface area contributed by atoms with Crippen molar-refractivity contribution in [3.05, 3.63) is 114 Å². The average molecular weight is 1150 g/mol. The Balaban J connectivity index is 0.00000651. The number of allylic oxidation sites excluding steroid dienone is 4. The second-order valence-corrected chi connectivity index (χ2v) is 21.4. The number of esters is 8. The molecule has 0 saturated heterocycles. The van der Waals surface area contributed by atoms with Crippen LogP contribution in [-0.2, 0) is 95.7 Å². The number of carbonyl (C=O) groups excluding carboxylic acids is 8. The van der Waals surface area contributed by atoms with E-state index in [-0.39, 0.29) is 64.1 Å². The van der Waals surface area contributed by atoms with Gasteiger partial charge in [-0.3, -0.25) is 0 Å².